The van der Waals surface area contributed by atoms with Crippen LogP contribution in [-0.4, -0.2) is 150 Å². The highest BCUT2D eigenvalue weighted by Crippen LogP contribution is 2.43. The predicted octanol–water partition coefficient (Wildman–Crippen LogP) is 3.26. The summed E-state index contributed by atoms with van der Waals surface area (Å²) in [5.74, 6) is -2.24. The molecule has 3 aliphatic heterocycles. The molecule has 0 aliphatic carbocycles. The highest BCUT2D eigenvalue weighted by atomic mass is 16.7. The van der Waals surface area contributed by atoms with Crippen LogP contribution in [0.1, 0.15) is 108 Å². The molecule has 0 amide bonds. The minimum atomic E-state index is -1.83. The van der Waals surface area contributed by atoms with Gasteiger partial charge in [0.25, 0.3) is 0 Å². The van der Waals surface area contributed by atoms with Gasteiger partial charge in [-0.05, 0) is 112 Å². The van der Waals surface area contributed by atoms with Crippen molar-refractivity contribution >= 4 is 11.7 Å². The maximum Gasteiger partial charge on any atom is 0.311 e. The average Bonchev–Trinajstić information content (AvgIpc) is 3.22. The molecule has 16 nitrogen and oxygen atoms in total. The summed E-state index contributed by atoms with van der Waals surface area (Å²) in [5, 5.41) is 58.2. The van der Waals surface area contributed by atoms with Gasteiger partial charge in [-0.25, -0.2) is 0 Å². The number of aliphatic hydroxyl groups is 4. The van der Waals surface area contributed by atoms with E-state index in [0.717, 1.165) is 6.42 Å². The van der Waals surface area contributed by atoms with E-state index in [4.69, 9.17) is 38.9 Å². The average molecular weight is 883 g/mol. The number of ether oxygens (including phenoxy) is 7. The van der Waals surface area contributed by atoms with Gasteiger partial charge in [0.05, 0.1) is 47.7 Å². The summed E-state index contributed by atoms with van der Waals surface area (Å²) in [5.41, 5.74) is 0.802. The first-order chi connectivity index (χ1) is 29.0. The first-order valence-corrected chi connectivity index (χ1v) is 22.8. The summed E-state index contributed by atoms with van der Waals surface area (Å²) < 4.78 is 45.9. The normalized spacial score (nSPS) is 44.2. The van der Waals surface area contributed by atoms with E-state index in [1.54, 1.807) is 53.9 Å². The molecule has 16 heteroatoms. The Kier molecular flexibility index (Phi) is 18.5. The van der Waals surface area contributed by atoms with Crippen molar-refractivity contribution in [2.75, 3.05) is 39.5 Å². The van der Waals surface area contributed by atoms with E-state index in [1.807, 2.05) is 53.8 Å². The molecule has 1 aromatic carbocycles. The number of para-hydroxylation sites is 2. The quantitative estimate of drug-likeness (QED) is 0.0809. The summed E-state index contributed by atoms with van der Waals surface area (Å²) in [6.45, 7) is 21.1. The van der Waals surface area contributed by atoms with Crippen molar-refractivity contribution in [2.45, 2.75) is 198 Å². The number of cyclic esters (lactones) is 1. The third-order valence-corrected chi connectivity index (χ3v) is 13.9. The summed E-state index contributed by atoms with van der Waals surface area (Å²) in [4.78, 5) is 14.5. The molecule has 62 heavy (non-hydrogen) atoms. The molecule has 4 rings (SSSR count). The maximum absolute atomic E-state index is 14.5. The SMILES string of the molecule is CCCNC[C@]1(O)[C@H](C)O[C@@H](OC2C(C)C(=O)OC(CC)C(C)(O)C(O)C(C)NCC(C)CC(C)(O)C(O[C@@H]3O[C@H](C)C[C@H](NC)[C@H]3Oc3ccccc3N)C2C)C[C@@]1(C)OC. The van der Waals surface area contributed by atoms with Gasteiger partial charge in [0.2, 0.25) is 0 Å². The molecule has 3 heterocycles. The lowest BCUT2D eigenvalue weighted by Gasteiger charge is -2.53. The second kappa shape index (κ2) is 21.9. The molecule has 0 bridgehead atoms. The van der Waals surface area contributed by atoms with Crippen molar-refractivity contribution in [3.8, 4) is 5.75 Å². The van der Waals surface area contributed by atoms with Crippen molar-refractivity contribution in [2.24, 2.45) is 17.8 Å². The van der Waals surface area contributed by atoms with Gasteiger partial charge < -0.3 is 75.3 Å². The van der Waals surface area contributed by atoms with E-state index in [-0.39, 0.29) is 43.9 Å². The molecule has 10 unspecified atom stereocenters. The molecule has 0 spiro atoms. The Balaban J connectivity index is 1.85. The molecule has 0 aromatic heterocycles. The smallest absolute Gasteiger partial charge is 0.311 e. The van der Waals surface area contributed by atoms with E-state index in [0.29, 0.717) is 30.9 Å². The zero-order valence-electron chi connectivity index (χ0n) is 39.7. The first-order valence-electron chi connectivity index (χ1n) is 22.8. The molecule has 358 valence electrons. The lowest BCUT2D eigenvalue weighted by Crippen LogP contribution is -2.70. The number of methoxy groups -OCH3 is 1. The van der Waals surface area contributed by atoms with E-state index >= 15 is 0 Å². The van der Waals surface area contributed by atoms with Gasteiger partial charge in [0, 0.05) is 32.0 Å². The molecule has 0 radical (unpaired) electrons. The van der Waals surface area contributed by atoms with E-state index < -0.39 is 95.5 Å². The van der Waals surface area contributed by atoms with E-state index in [2.05, 4.69) is 16.0 Å². The molecule has 18 atom stereocenters. The Morgan fingerprint density at radius 3 is 2.26 bits per heavy atom. The van der Waals surface area contributed by atoms with Crippen LogP contribution in [0, 0.1) is 17.8 Å². The van der Waals surface area contributed by atoms with Crippen LogP contribution < -0.4 is 26.4 Å². The molecule has 3 saturated heterocycles. The fraction of sp³-hybridized carbons (Fsp3) is 0.848. The van der Waals surface area contributed by atoms with E-state index in [9.17, 15) is 25.2 Å². The number of esters is 1. The zero-order valence-corrected chi connectivity index (χ0v) is 39.7. The number of benzene rings is 1. The summed E-state index contributed by atoms with van der Waals surface area (Å²) in [6, 6.07) is 6.35. The molecule has 0 saturated carbocycles. The van der Waals surface area contributed by atoms with Crippen LogP contribution in [0.4, 0.5) is 5.69 Å². The minimum absolute atomic E-state index is 0.0889. The van der Waals surface area contributed by atoms with Gasteiger partial charge in [-0.1, -0.05) is 39.8 Å². The molecule has 1 aromatic rings. The van der Waals surface area contributed by atoms with Crippen LogP contribution in [-0.2, 0) is 33.2 Å². The lowest BCUT2D eigenvalue weighted by atomic mass is 9.75. The number of hydrogen-bond acceptors (Lipinski definition) is 16. The predicted molar refractivity (Wildman–Crippen MR) is 236 cm³/mol. The van der Waals surface area contributed by atoms with Crippen molar-refractivity contribution in [1.82, 2.24) is 16.0 Å². The summed E-state index contributed by atoms with van der Waals surface area (Å²) >= 11 is 0. The van der Waals surface area contributed by atoms with Crippen molar-refractivity contribution in [3.63, 3.8) is 0 Å². The van der Waals surface area contributed by atoms with Crippen molar-refractivity contribution in [1.29, 1.82) is 0 Å². The number of aliphatic hydroxyl groups excluding tert-OH is 1. The van der Waals surface area contributed by atoms with Gasteiger partial charge >= 0.3 is 5.97 Å². The van der Waals surface area contributed by atoms with Crippen LogP contribution in [0.2, 0.25) is 0 Å². The number of carbonyl (C=O) groups is 1. The van der Waals surface area contributed by atoms with Gasteiger partial charge in [0.1, 0.15) is 34.8 Å². The highest BCUT2D eigenvalue weighted by Gasteiger charge is 2.58. The fourth-order valence-electron chi connectivity index (χ4n) is 9.86. The standard InChI is InChI=1S/C46H82N4O12/c1-14-20-49-25-46(55)31(8)58-36(23-44(46,10)56-13)61-37-28(5)40(62-42-38(33(48-12)21-27(4)57-42)59-34-19-17-16-18-32(34)47)43(9,53)22-26(3)24-50-30(7)39(51)45(11,54)35(15-2)60-41(52)29(37)6/h16-19,26-31,33,35-40,42,48-51,53-55H,14-15,20-25,47H2,1-13H3/t26?,27-,28?,29?,30?,31+,33+,35?,36+,37?,38-,39?,40?,42+,43?,44-,45?,46+/m1/s1. The number of hydrogen-bond donors (Lipinski definition) is 8. The fourth-order valence-corrected chi connectivity index (χ4v) is 9.86. The van der Waals surface area contributed by atoms with E-state index in [1.165, 1.54) is 6.92 Å². The number of nitrogen functional groups attached to an aromatic ring is 1. The van der Waals surface area contributed by atoms with Crippen LogP contribution in [0.5, 0.6) is 5.75 Å². The number of nitrogens with two attached hydrogens (primary N) is 1. The summed E-state index contributed by atoms with van der Waals surface area (Å²) in [6.07, 6.45) is -6.33. The third kappa shape index (κ3) is 11.8. The van der Waals surface area contributed by atoms with Crippen LogP contribution in [0.15, 0.2) is 24.3 Å². The largest absolute Gasteiger partial charge is 0.481 e. The van der Waals surface area contributed by atoms with Crippen LogP contribution >= 0.6 is 0 Å². The van der Waals surface area contributed by atoms with Gasteiger partial charge in [-0.15, -0.1) is 0 Å². The Labute approximate surface area is 370 Å². The topological polar surface area (TPSA) is 225 Å². The Hall–Kier alpha value is -2.19. The monoisotopic (exact) mass is 883 g/mol. The Morgan fingerprint density at radius 2 is 1.65 bits per heavy atom. The van der Waals surface area contributed by atoms with Crippen LogP contribution in [0.25, 0.3) is 0 Å². The lowest BCUT2D eigenvalue weighted by molar-refractivity contribution is -0.335. The van der Waals surface area contributed by atoms with Gasteiger partial charge in [-0.2, -0.15) is 0 Å². The van der Waals surface area contributed by atoms with Crippen molar-refractivity contribution in [3.05, 3.63) is 24.3 Å². The third-order valence-electron chi connectivity index (χ3n) is 13.9. The molecular weight excluding hydrogens is 801 g/mol. The molecule has 3 aliphatic rings. The Morgan fingerprint density at radius 1 is 0.968 bits per heavy atom. The minimum Gasteiger partial charge on any atom is -0.481 e. The highest BCUT2D eigenvalue weighted by molar-refractivity contribution is 5.73. The second-order valence-corrected chi connectivity index (χ2v) is 19.2. The summed E-state index contributed by atoms with van der Waals surface area (Å²) in [7, 11) is 3.39. The number of carbonyl (C=O) groups excluding carboxylic acids is 1. The second-order valence-electron chi connectivity index (χ2n) is 19.2. The first kappa shape index (κ1) is 52.4. The number of rotatable bonds is 13. The zero-order chi connectivity index (χ0) is 46.4. The molecule has 9 N–H and O–H groups in total. The molecule has 3 fully saturated rings. The number of nitrogens with one attached hydrogen (secondary N) is 3. The van der Waals surface area contributed by atoms with Gasteiger partial charge in [0.15, 0.2) is 18.7 Å². The number of anilines is 1. The number of likely N-dealkylation sites (N-methyl/N-ethyl adjacent to an activating group) is 1. The van der Waals surface area contributed by atoms with Gasteiger partial charge in [-0.3, -0.25) is 4.79 Å². The van der Waals surface area contributed by atoms with Crippen LogP contribution in [0.3, 0.4) is 0 Å². The Bertz CT molecular complexity index is 1560. The molecular formula is C46H82N4O12. The maximum atomic E-state index is 14.5. The van der Waals surface area contributed by atoms with Crippen molar-refractivity contribution < 1.29 is 58.4 Å².